The maximum absolute atomic E-state index is 5.75. The molecule has 0 amide bonds. The zero-order valence-electron chi connectivity index (χ0n) is 10.0. The molecule has 88 valence electrons. The smallest absolute Gasteiger partial charge is 0.00663 e. The second-order valence-electron chi connectivity index (χ2n) is 4.30. The van der Waals surface area contributed by atoms with Gasteiger partial charge in [-0.25, -0.2) is 0 Å². The highest BCUT2D eigenvalue weighted by molar-refractivity contribution is 5.34. The molecule has 1 aromatic carbocycles. The van der Waals surface area contributed by atoms with Crippen molar-refractivity contribution in [3.05, 3.63) is 71.8 Å². The molecule has 1 aliphatic carbocycles. The molecule has 1 unspecified atom stereocenters. The highest BCUT2D eigenvalue weighted by atomic mass is 14.5. The van der Waals surface area contributed by atoms with Gasteiger partial charge < -0.3 is 5.73 Å². The quantitative estimate of drug-likeness (QED) is 0.833. The van der Waals surface area contributed by atoms with Gasteiger partial charge in [0.1, 0.15) is 0 Å². The molecule has 2 N–H and O–H groups in total. The van der Waals surface area contributed by atoms with Crippen molar-refractivity contribution in [1.82, 2.24) is 0 Å². The van der Waals surface area contributed by atoms with Crippen LogP contribution in [-0.4, -0.2) is 6.54 Å². The molecule has 0 aromatic heterocycles. The van der Waals surface area contributed by atoms with E-state index in [0.29, 0.717) is 5.92 Å². The Hall–Kier alpha value is -1.60. The van der Waals surface area contributed by atoms with Gasteiger partial charge in [-0.3, -0.25) is 0 Å². The van der Waals surface area contributed by atoms with E-state index in [1.807, 2.05) is 0 Å². The van der Waals surface area contributed by atoms with Gasteiger partial charge >= 0.3 is 0 Å². The lowest BCUT2D eigenvalue weighted by Crippen LogP contribution is -2.09. The van der Waals surface area contributed by atoms with E-state index in [1.54, 1.807) is 0 Å². The van der Waals surface area contributed by atoms with Gasteiger partial charge in [0.15, 0.2) is 0 Å². The summed E-state index contributed by atoms with van der Waals surface area (Å²) in [6, 6.07) is 10.6. The summed E-state index contributed by atoms with van der Waals surface area (Å²) < 4.78 is 0. The molecule has 1 heteroatoms. The number of nitrogens with two attached hydrogens (primary N) is 1. The first kappa shape index (κ1) is 11.9. The monoisotopic (exact) mass is 225 g/mol. The van der Waals surface area contributed by atoms with Crippen LogP contribution in [0.1, 0.15) is 24.3 Å². The van der Waals surface area contributed by atoms with Crippen molar-refractivity contribution in [2.75, 3.05) is 6.54 Å². The molecule has 0 bridgehead atoms. The minimum absolute atomic E-state index is 0.452. The molecule has 0 aliphatic heterocycles. The molecule has 0 heterocycles. The summed E-state index contributed by atoms with van der Waals surface area (Å²) in [5, 5.41) is 0. The fourth-order valence-electron chi connectivity index (χ4n) is 2.27. The number of allylic oxidation sites excluding steroid dienone is 6. The van der Waals surface area contributed by atoms with Crippen LogP contribution in [0, 0.1) is 0 Å². The summed E-state index contributed by atoms with van der Waals surface area (Å²) >= 11 is 0. The van der Waals surface area contributed by atoms with Gasteiger partial charge in [-0.1, -0.05) is 66.3 Å². The van der Waals surface area contributed by atoms with E-state index in [9.17, 15) is 0 Å². The number of rotatable bonds is 4. The van der Waals surface area contributed by atoms with Crippen molar-refractivity contribution in [2.24, 2.45) is 5.73 Å². The largest absolute Gasteiger partial charge is 0.330 e. The second kappa shape index (κ2) is 6.21. The lowest BCUT2D eigenvalue weighted by atomic mass is 9.86. The normalized spacial score (nSPS) is 16.4. The summed E-state index contributed by atoms with van der Waals surface area (Å²) in [5.74, 6) is 0.452. The van der Waals surface area contributed by atoms with Crippen LogP contribution in [0.2, 0.25) is 0 Å². The van der Waals surface area contributed by atoms with Crippen molar-refractivity contribution < 1.29 is 0 Å². The van der Waals surface area contributed by atoms with Crippen molar-refractivity contribution in [3.8, 4) is 0 Å². The molecule has 0 saturated heterocycles. The molecule has 1 aliphatic rings. The molecular formula is C16H19N. The van der Waals surface area contributed by atoms with Crippen molar-refractivity contribution >= 4 is 0 Å². The Kier molecular flexibility index (Phi) is 4.34. The topological polar surface area (TPSA) is 26.0 Å². The maximum atomic E-state index is 5.75. The Balaban J connectivity index is 2.26. The first-order chi connectivity index (χ1) is 8.42. The Morgan fingerprint density at radius 3 is 2.65 bits per heavy atom. The Morgan fingerprint density at radius 2 is 1.88 bits per heavy atom. The summed E-state index contributed by atoms with van der Waals surface area (Å²) in [6.07, 6.45) is 12.8. The molecule has 17 heavy (non-hydrogen) atoms. The summed E-state index contributed by atoms with van der Waals surface area (Å²) in [4.78, 5) is 0. The van der Waals surface area contributed by atoms with E-state index in [1.165, 1.54) is 11.1 Å². The zero-order chi connectivity index (χ0) is 11.9. The van der Waals surface area contributed by atoms with Crippen molar-refractivity contribution in [1.29, 1.82) is 0 Å². The Morgan fingerprint density at radius 1 is 1.06 bits per heavy atom. The van der Waals surface area contributed by atoms with Crippen LogP contribution in [0.25, 0.3) is 0 Å². The number of hydrogen-bond acceptors (Lipinski definition) is 1. The van der Waals surface area contributed by atoms with Crippen LogP contribution < -0.4 is 5.73 Å². The molecule has 0 spiro atoms. The number of hydrogen-bond donors (Lipinski definition) is 1. The molecule has 0 radical (unpaired) electrons. The standard InChI is InChI=1S/C16H19N/c17-13-12-16(15-10-6-3-7-11-15)14-8-4-1-2-5-9-14/h1-8,10-11,16H,9,12-13,17H2. The van der Waals surface area contributed by atoms with E-state index in [4.69, 9.17) is 5.73 Å². The van der Waals surface area contributed by atoms with Crippen LogP contribution in [-0.2, 0) is 0 Å². The first-order valence-corrected chi connectivity index (χ1v) is 6.19. The van der Waals surface area contributed by atoms with Crippen molar-refractivity contribution in [3.63, 3.8) is 0 Å². The molecular weight excluding hydrogens is 206 g/mol. The second-order valence-corrected chi connectivity index (χ2v) is 4.30. The van der Waals surface area contributed by atoms with E-state index in [0.717, 1.165) is 19.4 Å². The Labute approximate surface area is 103 Å². The third-order valence-electron chi connectivity index (χ3n) is 3.13. The highest BCUT2D eigenvalue weighted by Crippen LogP contribution is 2.30. The Bertz CT molecular complexity index is 426. The van der Waals surface area contributed by atoms with E-state index >= 15 is 0 Å². The molecule has 1 aromatic rings. The van der Waals surface area contributed by atoms with E-state index in [2.05, 4.69) is 60.7 Å². The summed E-state index contributed by atoms with van der Waals surface area (Å²) in [7, 11) is 0. The molecule has 2 rings (SSSR count). The third-order valence-corrected chi connectivity index (χ3v) is 3.13. The SMILES string of the molecule is NCCC(C1=CC=CC=CC1)c1ccccc1. The summed E-state index contributed by atoms with van der Waals surface area (Å²) in [6.45, 7) is 0.727. The van der Waals surface area contributed by atoms with Crippen LogP contribution in [0.5, 0.6) is 0 Å². The van der Waals surface area contributed by atoms with Gasteiger partial charge in [-0.05, 0) is 24.9 Å². The van der Waals surface area contributed by atoms with Crippen LogP contribution in [0.15, 0.2) is 66.3 Å². The molecule has 0 fully saturated rings. The average Bonchev–Trinajstić information content (AvgIpc) is 2.66. The predicted octanol–water partition coefficient (Wildman–Crippen LogP) is 3.56. The van der Waals surface area contributed by atoms with Gasteiger partial charge in [0.05, 0.1) is 0 Å². The number of benzene rings is 1. The fraction of sp³-hybridized carbons (Fsp3) is 0.250. The minimum Gasteiger partial charge on any atom is -0.330 e. The predicted molar refractivity (Wildman–Crippen MR) is 73.8 cm³/mol. The summed E-state index contributed by atoms with van der Waals surface area (Å²) in [5.41, 5.74) is 8.57. The van der Waals surface area contributed by atoms with Gasteiger partial charge in [-0.15, -0.1) is 0 Å². The van der Waals surface area contributed by atoms with Crippen molar-refractivity contribution in [2.45, 2.75) is 18.8 Å². The first-order valence-electron chi connectivity index (χ1n) is 6.19. The highest BCUT2D eigenvalue weighted by Gasteiger charge is 2.14. The van der Waals surface area contributed by atoms with E-state index in [-0.39, 0.29) is 0 Å². The van der Waals surface area contributed by atoms with Gasteiger partial charge in [-0.2, -0.15) is 0 Å². The van der Waals surface area contributed by atoms with Crippen LogP contribution >= 0.6 is 0 Å². The molecule has 0 saturated carbocycles. The third kappa shape index (κ3) is 3.18. The molecule has 1 atom stereocenters. The molecule has 1 nitrogen and oxygen atoms in total. The average molecular weight is 225 g/mol. The van der Waals surface area contributed by atoms with Gasteiger partial charge in [0.25, 0.3) is 0 Å². The zero-order valence-corrected chi connectivity index (χ0v) is 10.0. The lowest BCUT2D eigenvalue weighted by molar-refractivity contribution is 0.700. The van der Waals surface area contributed by atoms with Gasteiger partial charge in [0, 0.05) is 5.92 Å². The van der Waals surface area contributed by atoms with E-state index < -0.39 is 0 Å². The minimum atomic E-state index is 0.452. The van der Waals surface area contributed by atoms with Gasteiger partial charge in [0.2, 0.25) is 0 Å². The maximum Gasteiger partial charge on any atom is 0.00663 e. The lowest BCUT2D eigenvalue weighted by Gasteiger charge is -2.19. The fourth-order valence-corrected chi connectivity index (χ4v) is 2.27. The van der Waals surface area contributed by atoms with Crippen LogP contribution in [0.3, 0.4) is 0 Å². The van der Waals surface area contributed by atoms with Crippen LogP contribution in [0.4, 0.5) is 0 Å².